The second-order valence-electron chi connectivity index (χ2n) is 5.68. The highest BCUT2D eigenvalue weighted by Crippen LogP contribution is 2.39. The van der Waals surface area contributed by atoms with E-state index in [9.17, 15) is 9.59 Å². The van der Waals surface area contributed by atoms with Crippen molar-refractivity contribution in [2.45, 2.75) is 6.42 Å². The number of pyridine rings is 1. The van der Waals surface area contributed by atoms with E-state index in [1.165, 1.54) is 17.3 Å². The van der Waals surface area contributed by atoms with E-state index in [1.54, 1.807) is 12.1 Å². The highest BCUT2D eigenvalue weighted by Gasteiger charge is 2.29. The molecule has 0 radical (unpaired) electrons. The molecule has 1 aliphatic heterocycles. The van der Waals surface area contributed by atoms with Gasteiger partial charge in [0.25, 0.3) is 0 Å². The molecule has 0 fully saturated rings. The molecule has 1 N–H and O–H groups in total. The van der Waals surface area contributed by atoms with E-state index >= 15 is 0 Å². The normalized spacial score (nSPS) is 13.8. The Balaban J connectivity index is 1.99. The number of nitrogens with zero attached hydrogens (tertiary/aromatic N) is 3. The van der Waals surface area contributed by atoms with Gasteiger partial charge in [-0.15, -0.1) is 0 Å². The molecule has 2 amide bonds. The van der Waals surface area contributed by atoms with Crippen molar-refractivity contribution in [1.82, 2.24) is 4.98 Å². The molecule has 2 aromatic carbocycles. The maximum Gasteiger partial charge on any atom is 0.241 e. The van der Waals surface area contributed by atoms with Gasteiger partial charge in [0.15, 0.2) is 0 Å². The van der Waals surface area contributed by atoms with Crippen LogP contribution in [-0.4, -0.2) is 16.8 Å². The fraction of sp³-hybridized carbons (Fsp3) is 0.0526. The average Bonchev–Trinajstić information content (AvgIpc) is 2.76. The summed E-state index contributed by atoms with van der Waals surface area (Å²) in [6, 6.07) is 14.9. The number of benzene rings is 2. The zero-order chi connectivity index (χ0) is 17.4. The van der Waals surface area contributed by atoms with E-state index in [1.807, 2.05) is 36.4 Å². The van der Waals surface area contributed by atoms with Crippen molar-refractivity contribution < 1.29 is 9.59 Å². The number of hydrogen-bond donors (Lipinski definition) is 1. The third-order valence-corrected chi connectivity index (χ3v) is 4.08. The molecule has 3 aromatic rings. The lowest BCUT2D eigenvalue weighted by Crippen LogP contribution is -2.26. The second kappa shape index (κ2) is 5.73. The van der Waals surface area contributed by atoms with Crippen LogP contribution in [0.15, 0.2) is 54.9 Å². The SMILES string of the molecule is N#Cc1cncc(N2C(=O)CC(=O)Nc3c2ccc2ccccc32)c1. The monoisotopic (exact) mass is 328 g/mol. The molecule has 0 saturated heterocycles. The first-order valence-electron chi connectivity index (χ1n) is 7.67. The Morgan fingerprint density at radius 3 is 2.80 bits per heavy atom. The topological polar surface area (TPSA) is 86.1 Å². The molecule has 0 saturated carbocycles. The average molecular weight is 328 g/mol. The van der Waals surface area contributed by atoms with Gasteiger partial charge in [-0.3, -0.25) is 19.5 Å². The number of aromatic nitrogens is 1. The fourth-order valence-corrected chi connectivity index (χ4v) is 3.01. The third kappa shape index (κ3) is 2.48. The summed E-state index contributed by atoms with van der Waals surface area (Å²) in [5.41, 5.74) is 1.94. The van der Waals surface area contributed by atoms with Crippen LogP contribution < -0.4 is 10.2 Å². The van der Waals surface area contributed by atoms with Crippen LogP contribution in [0.2, 0.25) is 0 Å². The van der Waals surface area contributed by atoms with Crippen molar-refractivity contribution in [2.75, 3.05) is 10.2 Å². The molecular formula is C19H12N4O2. The van der Waals surface area contributed by atoms with Crippen LogP contribution >= 0.6 is 0 Å². The summed E-state index contributed by atoms with van der Waals surface area (Å²) in [6.45, 7) is 0. The third-order valence-electron chi connectivity index (χ3n) is 4.08. The van der Waals surface area contributed by atoms with Crippen molar-refractivity contribution >= 4 is 39.6 Å². The predicted octanol–water partition coefficient (Wildman–Crippen LogP) is 3.11. The van der Waals surface area contributed by atoms with E-state index < -0.39 is 0 Å². The van der Waals surface area contributed by atoms with Gasteiger partial charge in [0.2, 0.25) is 11.8 Å². The number of fused-ring (bicyclic) bond motifs is 3. The van der Waals surface area contributed by atoms with Crippen molar-refractivity contribution in [1.29, 1.82) is 5.26 Å². The second-order valence-corrected chi connectivity index (χ2v) is 5.68. The number of hydrogen-bond acceptors (Lipinski definition) is 4. The molecule has 1 aliphatic rings. The van der Waals surface area contributed by atoms with Crippen LogP contribution in [0.4, 0.5) is 17.1 Å². The van der Waals surface area contributed by atoms with Gasteiger partial charge in [-0.1, -0.05) is 30.3 Å². The minimum atomic E-state index is -0.372. The lowest BCUT2D eigenvalue weighted by atomic mass is 10.1. The largest absolute Gasteiger partial charge is 0.323 e. The molecular weight excluding hydrogens is 316 g/mol. The standard InChI is InChI=1S/C19H12N4O2/c20-9-12-7-14(11-21-10-12)23-16-6-5-13-3-1-2-4-15(13)19(16)22-17(24)8-18(23)25/h1-7,10-11H,8H2,(H,22,24). The van der Waals surface area contributed by atoms with E-state index in [4.69, 9.17) is 5.26 Å². The molecule has 4 rings (SSSR count). The van der Waals surface area contributed by atoms with Gasteiger partial charge in [0, 0.05) is 11.6 Å². The number of carbonyl (C=O) groups excluding carboxylic acids is 2. The molecule has 0 unspecified atom stereocenters. The molecule has 0 aliphatic carbocycles. The molecule has 25 heavy (non-hydrogen) atoms. The van der Waals surface area contributed by atoms with Crippen LogP contribution in [0.25, 0.3) is 10.8 Å². The molecule has 1 aromatic heterocycles. The Hall–Kier alpha value is -3.72. The highest BCUT2D eigenvalue weighted by molar-refractivity contribution is 6.21. The van der Waals surface area contributed by atoms with Gasteiger partial charge < -0.3 is 5.32 Å². The van der Waals surface area contributed by atoms with Gasteiger partial charge in [-0.05, 0) is 17.5 Å². The van der Waals surface area contributed by atoms with Gasteiger partial charge >= 0.3 is 0 Å². The molecule has 0 bridgehead atoms. The van der Waals surface area contributed by atoms with Crippen molar-refractivity contribution in [3.8, 4) is 6.07 Å². The van der Waals surface area contributed by atoms with Crippen LogP contribution in [-0.2, 0) is 9.59 Å². The van der Waals surface area contributed by atoms with Gasteiger partial charge in [0.05, 0.1) is 28.8 Å². The maximum atomic E-state index is 12.7. The molecule has 120 valence electrons. The Bertz CT molecular complexity index is 1070. The molecule has 0 atom stereocenters. The number of carbonyl (C=O) groups is 2. The first-order chi connectivity index (χ1) is 12.2. The summed E-state index contributed by atoms with van der Waals surface area (Å²) in [5, 5.41) is 13.7. The summed E-state index contributed by atoms with van der Waals surface area (Å²) in [5.74, 6) is -0.738. The Morgan fingerprint density at radius 2 is 1.96 bits per heavy atom. The van der Waals surface area contributed by atoms with Crippen LogP contribution in [0.1, 0.15) is 12.0 Å². The van der Waals surface area contributed by atoms with E-state index in [0.717, 1.165) is 10.8 Å². The smallest absolute Gasteiger partial charge is 0.241 e. The fourth-order valence-electron chi connectivity index (χ4n) is 3.01. The number of anilines is 3. The molecule has 6 nitrogen and oxygen atoms in total. The number of nitrogens with one attached hydrogen (secondary N) is 1. The van der Waals surface area contributed by atoms with Gasteiger partial charge in [0.1, 0.15) is 12.5 Å². The van der Waals surface area contributed by atoms with Crippen molar-refractivity contribution in [2.24, 2.45) is 0 Å². The summed E-state index contributed by atoms with van der Waals surface area (Å²) < 4.78 is 0. The van der Waals surface area contributed by atoms with Crippen LogP contribution in [0.5, 0.6) is 0 Å². The van der Waals surface area contributed by atoms with Crippen molar-refractivity contribution in [3.63, 3.8) is 0 Å². The zero-order valence-corrected chi connectivity index (χ0v) is 13.1. The summed E-state index contributed by atoms with van der Waals surface area (Å²) in [7, 11) is 0. The molecule has 6 heteroatoms. The first-order valence-corrected chi connectivity index (χ1v) is 7.67. The number of amides is 2. The lowest BCUT2D eigenvalue weighted by molar-refractivity contribution is -0.124. The van der Waals surface area contributed by atoms with E-state index in [2.05, 4.69) is 10.3 Å². The predicted molar refractivity (Wildman–Crippen MR) is 93.3 cm³/mol. The number of nitriles is 1. The summed E-state index contributed by atoms with van der Waals surface area (Å²) in [6.07, 6.45) is 2.66. The Labute approximate surface area is 143 Å². The number of rotatable bonds is 1. The quantitative estimate of drug-likeness (QED) is 0.695. The van der Waals surface area contributed by atoms with E-state index in [0.29, 0.717) is 22.6 Å². The first kappa shape index (κ1) is 14.8. The Kier molecular flexibility index (Phi) is 3.40. The summed E-state index contributed by atoms with van der Waals surface area (Å²) in [4.78, 5) is 30.3. The van der Waals surface area contributed by atoms with Gasteiger partial charge in [-0.25, -0.2) is 0 Å². The molecule has 0 spiro atoms. The van der Waals surface area contributed by atoms with Gasteiger partial charge in [-0.2, -0.15) is 5.26 Å². The maximum absolute atomic E-state index is 12.7. The van der Waals surface area contributed by atoms with Crippen molar-refractivity contribution in [3.05, 3.63) is 60.4 Å². The van der Waals surface area contributed by atoms with E-state index in [-0.39, 0.29) is 18.2 Å². The zero-order valence-electron chi connectivity index (χ0n) is 13.1. The molecule has 2 heterocycles. The van der Waals surface area contributed by atoms with Crippen LogP contribution in [0.3, 0.4) is 0 Å². The summed E-state index contributed by atoms with van der Waals surface area (Å²) >= 11 is 0. The Morgan fingerprint density at radius 1 is 1.12 bits per heavy atom. The lowest BCUT2D eigenvalue weighted by Gasteiger charge is -2.23. The minimum absolute atomic E-state index is 0.278. The minimum Gasteiger partial charge on any atom is -0.323 e. The van der Waals surface area contributed by atoms with Crippen LogP contribution in [0, 0.1) is 11.3 Å². The highest BCUT2D eigenvalue weighted by atomic mass is 16.2.